The van der Waals surface area contributed by atoms with Crippen LogP contribution in [0.3, 0.4) is 0 Å². The Bertz CT molecular complexity index is 1620. The van der Waals surface area contributed by atoms with E-state index in [0.29, 0.717) is 34.8 Å². The average Bonchev–Trinajstić information content (AvgIpc) is 3.35. The monoisotopic (exact) mass is 613 g/mol. The molecule has 1 atom stereocenters. The second-order valence-electron chi connectivity index (χ2n) is 10.4. The molecule has 2 N–H and O–H groups in total. The number of amides is 2. The third kappa shape index (κ3) is 7.54. The molecule has 0 saturated heterocycles. The van der Waals surface area contributed by atoms with E-state index in [0.717, 1.165) is 34.0 Å². The summed E-state index contributed by atoms with van der Waals surface area (Å²) in [4.78, 5) is 43.5. The molecule has 9 heteroatoms. The van der Waals surface area contributed by atoms with Crippen molar-refractivity contribution in [2.45, 2.75) is 50.4 Å². The minimum Gasteiger partial charge on any atom is -0.462 e. The number of esters is 1. The number of ether oxygens (including phenoxy) is 1. The lowest BCUT2D eigenvalue weighted by Gasteiger charge is -2.27. The molecule has 1 aliphatic rings. The zero-order valence-corrected chi connectivity index (χ0v) is 26.1. The molecule has 0 aliphatic carbocycles. The summed E-state index contributed by atoms with van der Waals surface area (Å²) in [7, 11) is 0. The van der Waals surface area contributed by atoms with E-state index in [1.807, 2.05) is 74.5 Å². The molecule has 7 nitrogen and oxygen atoms in total. The molecule has 0 saturated carbocycles. The van der Waals surface area contributed by atoms with Crippen LogP contribution in [0.5, 0.6) is 0 Å². The van der Waals surface area contributed by atoms with Crippen molar-refractivity contribution in [1.82, 2.24) is 4.90 Å². The van der Waals surface area contributed by atoms with Crippen molar-refractivity contribution in [3.8, 4) is 0 Å². The maximum Gasteiger partial charge on any atom is 0.341 e. The number of carbonyl (C=O) groups is 3. The van der Waals surface area contributed by atoms with Gasteiger partial charge in [-0.2, -0.15) is 0 Å². The number of thiophene rings is 1. The van der Waals surface area contributed by atoms with Crippen molar-refractivity contribution in [3.63, 3.8) is 0 Å². The Morgan fingerprint density at radius 1 is 1.00 bits per heavy atom. The van der Waals surface area contributed by atoms with Gasteiger partial charge in [-0.1, -0.05) is 54.6 Å². The summed E-state index contributed by atoms with van der Waals surface area (Å²) in [5.74, 6) is -0.782. The molecule has 1 aliphatic heterocycles. The van der Waals surface area contributed by atoms with Crippen LogP contribution < -0.4 is 10.6 Å². The van der Waals surface area contributed by atoms with Crippen molar-refractivity contribution in [2.75, 3.05) is 23.8 Å². The van der Waals surface area contributed by atoms with Gasteiger partial charge in [0.05, 0.1) is 17.4 Å². The Balaban J connectivity index is 1.27. The second-order valence-corrected chi connectivity index (χ2v) is 12.9. The lowest BCUT2D eigenvalue weighted by atomic mass is 10.0. The van der Waals surface area contributed by atoms with E-state index >= 15 is 0 Å². The number of carbonyl (C=O) groups excluding carboxylic acids is 3. The number of thioether (sulfide) groups is 1. The van der Waals surface area contributed by atoms with Gasteiger partial charge in [0.2, 0.25) is 5.91 Å². The molecular formula is C34H35N3O4S2. The van der Waals surface area contributed by atoms with Crippen molar-refractivity contribution < 1.29 is 19.1 Å². The largest absolute Gasteiger partial charge is 0.462 e. The number of hydrogen-bond acceptors (Lipinski definition) is 7. The van der Waals surface area contributed by atoms with Gasteiger partial charge in [-0.05, 0) is 68.1 Å². The summed E-state index contributed by atoms with van der Waals surface area (Å²) in [6, 6.07) is 25.2. The van der Waals surface area contributed by atoms with Gasteiger partial charge < -0.3 is 15.4 Å². The topological polar surface area (TPSA) is 87.7 Å². The fraction of sp³-hybridized carbons (Fsp3) is 0.265. The van der Waals surface area contributed by atoms with Gasteiger partial charge in [-0.3, -0.25) is 14.5 Å². The lowest BCUT2D eigenvalue weighted by molar-refractivity contribution is -0.115. The molecule has 0 bridgehead atoms. The van der Waals surface area contributed by atoms with Crippen LogP contribution in [-0.4, -0.2) is 41.1 Å². The van der Waals surface area contributed by atoms with Crippen LogP contribution in [0.2, 0.25) is 0 Å². The van der Waals surface area contributed by atoms with Crippen LogP contribution in [0, 0.1) is 6.92 Å². The third-order valence-corrected chi connectivity index (χ3v) is 9.49. The molecule has 5 rings (SSSR count). The average molecular weight is 614 g/mol. The summed E-state index contributed by atoms with van der Waals surface area (Å²) < 4.78 is 5.40. The summed E-state index contributed by atoms with van der Waals surface area (Å²) in [6.07, 6.45) is 0.716. The molecule has 0 radical (unpaired) electrons. The highest BCUT2D eigenvalue weighted by atomic mass is 32.2. The Morgan fingerprint density at radius 2 is 1.77 bits per heavy atom. The highest BCUT2D eigenvalue weighted by molar-refractivity contribution is 8.00. The number of anilines is 2. The Labute approximate surface area is 260 Å². The van der Waals surface area contributed by atoms with E-state index in [4.69, 9.17) is 4.74 Å². The minimum atomic E-state index is -0.453. The molecular weight excluding hydrogens is 579 g/mol. The Morgan fingerprint density at radius 3 is 2.53 bits per heavy atom. The molecule has 4 aromatic rings. The van der Waals surface area contributed by atoms with Crippen LogP contribution in [-0.2, 0) is 29.0 Å². The molecule has 0 fully saturated rings. The van der Waals surface area contributed by atoms with Crippen molar-refractivity contribution in [2.24, 2.45) is 0 Å². The van der Waals surface area contributed by atoms with E-state index in [9.17, 15) is 14.4 Å². The molecule has 0 spiro atoms. The number of aryl methyl sites for hydroxylation is 1. The quantitative estimate of drug-likeness (QED) is 0.146. The minimum absolute atomic E-state index is 0.179. The smallest absolute Gasteiger partial charge is 0.341 e. The first-order valence-electron chi connectivity index (χ1n) is 14.3. The first-order valence-corrected chi connectivity index (χ1v) is 16.0. The van der Waals surface area contributed by atoms with Gasteiger partial charge in [-0.25, -0.2) is 4.79 Å². The van der Waals surface area contributed by atoms with E-state index in [2.05, 4.69) is 27.7 Å². The fourth-order valence-electron chi connectivity index (χ4n) is 5.08. The van der Waals surface area contributed by atoms with Crippen molar-refractivity contribution in [1.29, 1.82) is 0 Å². The molecule has 2 amide bonds. The molecule has 1 aromatic heterocycles. The van der Waals surface area contributed by atoms with Gasteiger partial charge in [0.25, 0.3) is 5.91 Å². The summed E-state index contributed by atoms with van der Waals surface area (Å²) in [5.41, 5.74) is 4.87. The van der Waals surface area contributed by atoms with E-state index in [1.165, 1.54) is 28.7 Å². The second kappa shape index (κ2) is 14.0. The number of benzene rings is 3. The van der Waals surface area contributed by atoms with Gasteiger partial charge in [0.1, 0.15) is 5.00 Å². The van der Waals surface area contributed by atoms with Crippen LogP contribution >= 0.6 is 23.1 Å². The number of nitrogens with one attached hydrogen (secondary N) is 2. The highest BCUT2D eigenvalue weighted by Gasteiger charge is 2.30. The number of hydrogen-bond donors (Lipinski definition) is 2. The number of nitrogens with zero attached hydrogens (tertiary/aromatic N) is 1. The number of rotatable bonds is 10. The standard InChI is InChI=1S/C34H35N3O4S2/c1-4-41-34(40)30-28-17-18-37(20-24-12-6-5-7-13-24)21-29(28)43-33(30)36-31(38)23(3)42-26-15-10-14-25(19-26)35-32(39)27-16-9-8-11-22(27)2/h5-16,19,23H,4,17-18,20-21H2,1-3H3,(H,35,39)(H,36,38). The zero-order chi connectivity index (χ0) is 30.3. The number of fused-ring (bicyclic) bond motifs is 1. The van der Waals surface area contributed by atoms with Gasteiger partial charge >= 0.3 is 5.97 Å². The summed E-state index contributed by atoms with van der Waals surface area (Å²) in [6.45, 7) is 8.14. The van der Waals surface area contributed by atoms with Crippen LogP contribution in [0.4, 0.5) is 10.7 Å². The maximum absolute atomic E-state index is 13.4. The zero-order valence-electron chi connectivity index (χ0n) is 24.5. The first-order chi connectivity index (χ1) is 20.8. The SMILES string of the molecule is CCOC(=O)c1c(NC(=O)C(C)Sc2cccc(NC(=O)c3ccccc3C)c2)sc2c1CCN(Cc1ccccc1)C2. The van der Waals surface area contributed by atoms with E-state index in [-0.39, 0.29) is 18.4 Å². The van der Waals surface area contributed by atoms with Gasteiger partial charge in [0.15, 0.2) is 0 Å². The third-order valence-electron chi connectivity index (χ3n) is 7.26. The molecule has 1 unspecified atom stereocenters. The van der Waals surface area contributed by atoms with Gasteiger partial charge in [0, 0.05) is 40.7 Å². The Kier molecular flexibility index (Phi) is 9.97. The van der Waals surface area contributed by atoms with Crippen LogP contribution in [0.15, 0.2) is 83.8 Å². The molecule has 3 aromatic carbocycles. The van der Waals surface area contributed by atoms with Gasteiger partial charge in [-0.15, -0.1) is 23.1 Å². The molecule has 2 heterocycles. The maximum atomic E-state index is 13.4. The van der Waals surface area contributed by atoms with Crippen molar-refractivity contribution in [3.05, 3.63) is 112 Å². The summed E-state index contributed by atoms with van der Waals surface area (Å²) >= 11 is 2.85. The molecule has 222 valence electrons. The fourth-order valence-corrected chi connectivity index (χ4v) is 7.29. The molecule has 43 heavy (non-hydrogen) atoms. The lowest BCUT2D eigenvalue weighted by Crippen LogP contribution is -2.30. The predicted octanol–water partition coefficient (Wildman–Crippen LogP) is 7.16. The van der Waals surface area contributed by atoms with Crippen LogP contribution in [0.1, 0.15) is 56.1 Å². The highest BCUT2D eigenvalue weighted by Crippen LogP contribution is 2.38. The Hall–Kier alpha value is -3.92. The van der Waals surface area contributed by atoms with Crippen LogP contribution in [0.25, 0.3) is 0 Å². The summed E-state index contributed by atoms with van der Waals surface area (Å²) in [5, 5.41) is 6.08. The first kappa shape index (κ1) is 30.5. The normalized spacial score (nSPS) is 13.6. The predicted molar refractivity (Wildman–Crippen MR) is 174 cm³/mol. The van der Waals surface area contributed by atoms with E-state index in [1.54, 1.807) is 13.0 Å². The van der Waals surface area contributed by atoms with E-state index < -0.39 is 11.2 Å². The van der Waals surface area contributed by atoms with Crippen molar-refractivity contribution >= 4 is 51.6 Å².